The first-order chi connectivity index (χ1) is 7.36. The number of nitrogens with one attached hydrogen (secondary N) is 1. The van der Waals surface area contributed by atoms with Gasteiger partial charge in [-0.25, -0.2) is 5.48 Å². The van der Waals surface area contributed by atoms with E-state index in [4.69, 9.17) is 4.84 Å². The molecule has 1 aromatic carbocycles. The Bertz CT molecular complexity index is 283. The summed E-state index contributed by atoms with van der Waals surface area (Å²) in [5.41, 5.74) is 4.06. The van der Waals surface area contributed by atoms with Crippen molar-refractivity contribution in [2.75, 3.05) is 6.54 Å². The van der Waals surface area contributed by atoms with Gasteiger partial charge in [-0.3, -0.25) is 4.84 Å². The number of aliphatic hydroxyl groups excluding tert-OH is 1. The maximum absolute atomic E-state index is 9.85. The zero-order chi connectivity index (χ0) is 10.5. The van der Waals surface area contributed by atoms with Crippen LogP contribution in [0.25, 0.3) is 0 Å². The summed E-state index contributed by atoms with van der Waals surface area (Å²) < 4.78 is 0. The summed E-state index contributed by atoms with van der Waals surface area (Å²) in [4.78, 5) is 5.20. The molecule has 0 saturated carbocycles. The topological polar surface area (TPSA) is 41.5 Å². The number of benzene rings is 1. The highest BCUT2D eigenvalue weighted by Gasteiger charge is 2.23. The van der Waals surface area contributed by atoms with E-state index < -0.39 is 0 Å². The van der Waals surface area contributed by atoms with E-state index in [1.165, 1.54) is 5.56 Å². The van der Waals surface area contributed by atoms with Gasteiger partial charge < -0.3 is 5.11 Å². The third-order valence-corrected chi connectivity index (χ3v) is 2.77. The molecule has 1 aromatic rings. The lowest BCUT2D eigenvalue weighted by Gasteiger charge is -2.15. The second-order valence-corrected chi connectivity index (χ2v) is 3.93. The Hall–Kier alpha value is -0.900. The fourth-order valence-electron chi connectivity index (χ4n) is 1.84. The predicted octanol–water partition coefficient (Wildman–Crippen LogP) is 1.27. The molecule has 2 atom stereocenters. The van der Waals surface area contributed by atoms with Gasteiger partial charge in [-0.2, -0.15) is 0 Å². The van der Waals surface area contributed by atoms with Gasteiger partial charge in [-0.05, 0) is 24.8 Å². The van der Waals surface area contributed by atoms with Gasteiger partial charge in [0.1, 0.15) is 6.10 Å². The van der Waals surface area contributed by atoms with Crippen LogP contribution in [-0.4, -0.2) is 23.9 Å². The molecule has 0 amide bonds. The molecule has 0 radical (unpaired) electrons. The van der Waals surface area contributed by atoms with Gasteiger partial charge in [0.15, 0.2) is 0 Å². The van der Waals surface area contributed by atoms with Crippen LogP contribution in [-0.2, 0) is 11.3 Å². The normalized spacial score (nSPS) is 22.9. The highest BCUT2D eigenvalue weighted by molar-refractivity contribution is 5.14. The van der Waals surface area contributed by atoms with E-state index in [0.29, 0.717) is 0 Å². The first-order valence-electron chi connectivity index (χ1n) is 5.47. The van der Waals surface area contributed by atoms with Gasteiger partial charge in [0.05, 0.1) is 6.10 Å². The number of rotatable bonds is 4. The van der Waals surface area contributed by atoms with E-state index in [1.807, 2.05) is 18.2 Å². The average Bonchev–Trinajstić information content (AvgIpc) is 2.81. The lowest BCUT2D eigenvalue weighted by molar-refractivity contribution is -0.0450. The standard InChI is InChI=1S/C12H17NO2/c14-11(12-8-9-13-15-12)7-6-10-4-2-1-3-5-10/h1-5,11-14H,6-9H2. The third-order valence-electron chi connectivity index (χ3n) is 2.77. The van der Waals surface area contributed by atoms with Crippen LogP contribution in [0, 0.1) is 0 Å². The summed E-state index contributed by atoms with van der Waals surface area (Å²) in [7, 11) is 0. The molecule has 1 aliphatic rings. The molecule has 15 heavy (non-hydrogen) atoms. The van der Waals surface area contributed by atoms with Crippen molar-refractivity contribution >= 4 is 0 Å². The molecule has 2 unspecified atom stereocenters. The van der Waals surface area contributed by atoms with E-state index in [9.17, 15) is 5.11 Å². The molecule has 1 saturated heterocycles. The quantitative estimate of drug-likeness (QED) is 0.781. The minimum atomic E-state index is -0.361. The molecule has 2 N–H and O–H groups in total. The molecule has 3 nitrogen and oxygen atoms in total. The average molecular weight is 207 g/mol. The van der Waals surface area contributed by atoms with Crippen molar-refractivity contribution in [3.63, 3.8) is 0 Å². The van der Waals surface area contributed by atoms with Crippen LogP contribution in [0.5, 0.6) is 0 Å². The van der Waals surface area contributed by atoms with E-state index >= 15 is 0 Å². The molecule has 1 aliphatic heterocycles. The monoisotopic (exact) mass is 207 g/mol. The summed E-state index contributed by atoms with van der Waals surface area (Å²) in [6.45, 7) is 0.840. The molecule has 2 rings (SSSR count). The largest absolute Gasteiger partial charge is 0.390 e. The number of hydroxylamine groups is 1. The fraction of sp³-hybridized carbons (Fsp3) is 0.500. The fourth-order valence-corrected chi connectivity index (χ4v) is 1.84. The van der Waals surface area contributed by atoms with Crippen molar-refractivity contribution in [2.24, 2.45) is 0 Å². The Morgan fingerprint density at radius 2 is 2.20 bits per heavy atom. The van der Waals surface area contributed by atoms with Crippen LogP contribution in [0.15, 0.2) is 30.3 Å². The molecule has 0 spiro atoms. The van der Waals surface area contributed by atoms with Crippen molar-refractivity contribution in [3.05, 3.63) is 35.9 Å². The smallest absolute Gasteiger partial charge is 0.106 e. The molecule has 0 aromatic heterocycles. The van der Waals surface area contributed by atoms with Gasteiger partial charge in [0.25, 0.3) is 0 Å². The van der Waals surface area contributed by atoms with E-state index in [1.54, 1.807) is 0 Å². The summed E-state index contributed by atoms with van der Waals surface area (Å²) in [6, 6.07) is 10.2. The predicted molar refractivity (Wildman–Crippen MR) is 58.3 cm³/mol. The Labute approximate surface area is 90.0 Å². The number of hydrogen-bond donors (Lipinski definition) is 2. The zero-order valence-corrected chi connectivity index (χ0v) is 8.73. The van der Waals surface area contributed by atoms with Crippen LogP contribution in [0.4, 0.5) is 0 Å². The Morgan fingerprint density at radius 3 is 2.87 bits per heavy atom. The van der Waals surface area contributed by atoms with Crippen molar-refractivity contribution in [1.29, 1.82) is 0 Å². The van der Waals surface area contributed by atoms with E-state index in [0.717, 1.165) is 25.8 Å². The minimum absolute atomic E-state index is 0.0336. The lowest BCUT2D eigenvalue weighted by atomic mass is 10.0. The van der Waals surface area contributed by atoms with Crippen molar-refractivity contribution in [1.82, 2.24) is 5.48 Å². The Morgan fingerprint density at radius 1 is 1.40 bits per heavy atom. The van der Waals surface area contributed by atoms with Crippen LogP contribution in [0.3, 0.4) is 0 Å². The van der Waals surface area contributed by atoms with Gasteiger partial charge >= 0.3 is 0 Å². The maximum atomic E-state index is 9.85. The molecule has 0 aliphatic carbocycles. The molecule has 3 heteroatoms. The Kier molecular flexibility index (Phi) is 3.72. The molecular weight excluding hydrogens is 190 g/mol. The molecule has 1 fully saturated rings. The highest BCUT2D eigenvalue weighted by atomic mass is 16.7. The molecule has 82 valence electrons. The minimum Gasteiger partial charge on any atom is -0.390 e. The van der Waals surface area contributed by atoms with E-state index in [-0.39, 0.29) is 12.2 Å². The first kappa shape index (κ1) is 10.6. The van der Waals surface area contributed by atoms with Crippen molar-refractivity contribution in [3.8, 4) is 0 Å². The number of aliphatic hydroxyl groups is 1. The van der Waals surface area contributed by atoms with Gasteiger partial charge in [0, 0.05) is 6.54 Å². The SMILES string of the molecule is OC(CCc1ccccc1)C1CCNO1. The third kappa shape index (κ3) is 3.02. The zero-order valence-electron chi connectivity index (χ0n) is 8.73. The van der Waals surface area contributed by atoms with Gasteiger partial charge in [0.2, 0.25) is 0 Å². The van der Waals surface area contributed by atoms with Crippen molar-refractivity contribution in [2.45, 2.75) is 31.5 Å². The van der Waals surface area contributed by atoms with Crippen LogP contribution in [0.2, 0.25) is 0 Å². The van der Waals surface area contributed by atoms with Crippen LogP contribution in [0.1, 0.15) is 18.4 Å². The highest BCUT2D eigenvalue weighted by Crippen LogP contribution is 2.13. The summed E-state index contributed by atoms with van der Waals surface area (Å²) in [5, 5.41) is 9.85. The van der Waals surface area contributed by atoms with Gasteiger partial charge in [-0.15, -0.1) is 0 Å². The van der Waals surface area contributed by atoms with Crippen molar-refractivity contribution < 1.29 is 9.94 Å². The maximum Gasteiger partial charge on any atom is 0.106 e. The summed E-state index contributed by atoms with van der Waals surface area (Å²) in [6.07, 6.45) is 2.17. The molecule has 1 heterocycles. The number of hydrogen-bond acceptors (Lipinski definition) is 3. The van der Waals surface area contributed by atoms with Crippen LogP contribution >= 0.6 is 0 Å². The van der Waals surface area contributed by atoms with E-state index in [2.05, 4.69) is 17.6 Å². The molecule has 0 bridgehead atoms. The lowest BCUT2D eigenvalue weighted by Crippen LogP contribution is -2.26. The Balaban J connectivity index is 1.77. The summed E-state index contributed by atoms with van der Waals surface area (Å²) >= 11 is 0. The first-order valence-corrected chi connectivity index (χ1v) is 5.47. The number of aryl methyl sites for hydroxylation is 1. The van der Waals surface area contributed by atoms with Gasteiger partial charge in [-0.1, -0.05) is 30.3 Å². The summed E-state index contributed by atoms with van der Waals surface area (Å²) in [5.74, 6) is 0. The van der Waals surface area contributed by atoms with Crippen LogP contribution < -0.4 is 5.48 Å². The molecular formula is C12H17NO2. The second-order valence-electron chi connectivity index (χ2n) is 3.93. The second kappa shape index (κ2) is 5.26.